The highest BCUT2D eigenvalue weighted by Gasteiger charge is 2.37. The van der Waals surface area contributed by atoms with Crippen LogP contribution in [0.1, 0.15) is 66.6 Å². The van der Waals surface area contributed by atoms with Crippen LogP contribution in [0.25, 0.3) is 0 Å². The summed E-state index contributed by atoms with van der Waals surface area (Å²) in [5.41, 5.74) is 0.836. The lowest BCUT2D eigenvalue weighted by molar-refractivity contribution is -0.646. The summed E-state index contributed by atoms with van der Waals surface area (Å²) in [4.78, 5) is 40.0. The highest BCUT2D eigenvalue weighted by molar-refractivity contribution is 7.89. The maximum absolute atomic E-state index is 13.4. The molecule has 38 heavy (non-hydrogen) atoms. The molecule has 4 rings (SSSR count). The number of carbonyl (C=O) groups is 3. The molecule has 0 radical (unpaired) electrons. The minimum Gasteiger partial charge on any atom is -0.618 e. The van der Waals surface area contributed by atoms with Crippen LogP contribution in [0.15, 0.2) is 40.9 Å². The Labute approximate surface area is 227 Å². The molecule has 1 aliphatic heterocycles. The number of nitrogens with one attached hydrogen (secondary N) is 2. The largest absolute Gasteiger partial charge is 0.618 e. The molecule has 2 fully saturated rings. The fourth-order valence-corrected chi connectivity index (χ4v) is 7.49. The zero-order valence-corrected chi connectivity index (χ0v) is 23.1. The summed E-state index contributed by atoms with van der Waals surface area (Å²) in [6, 6.07) is 4.24. The third-order valence-electron chi connectivity index (χ3n) is 7.31. The van der Waals surface area contributed by atoms with E-state index in [0.29, 0.717) is 23.6 Å². The van der Waals surface area contributed by atoms with Crippen molar-refractivity contribution in [3.05, 3.63) is 51.5 Å². The lowest BCUT2D eigenvalue weighted by atomic mass is 9.84. The normalized spacial score (nSPS) is 20.4. The van der Waals surface area contributed by atoms with Crippen molar-refractivity contribution in [2.75, 3.05) is 13.1 Å². The van der Waals surface area contributed by atoms with E-state index in [-0.39, 0.29) is 23.6 Å². The van der Waals surface area contributed by atoms with Gasteiger partial charge in [-0.05, 0) is 55.2 Å². The van der Waals surface area contributed by atoms with Crippen molar-refractivity contribution < 1.29 is 27.5 Å². The first-order valence-corrected chi connectivity index (χ1v) is 15.3. The van der Waals surface area contributed by atoms with E-state index in [0.717, 1.165) is 41.7 Å². The third-order valence-corrected chi connectivity index (χ3v) is 10.2. The van der Waals surface area contributed by atoms with Crippen molar-refractivity contribution in [2.45, 2.75) is 75.4 Å². The number of hydrogen-bond acceptors (Lipinski definition) is 7. The highest BCUT2D eigenvalue weighted by Crippen LogP contribution is 2.28. The molecule has 206 valence electrons. The lowest BCUT2D eigenvalue weighted by Crippen LogP contribution is -2.53. The van der Waals surface area contributed by atoms with Crippen molar-refractivity contribution >= 4 is 39.0 Å². The monoisotopic (exact) mass is 562 g/mol. The van der Waals surface area contributed by atoms with Crippen molar-refractivity contribution in [1.82, 2.24) is 14.9 Å². The van der Waals surface area contributed by atoms with Crippen LogP contribution in [0.5, 0.6) is 0 Å². The minimum atomic E-state index is -4.19. The van der Waals surface area contributed by atoms with Crippen LogP contribution >= 0.6 is 11.3 Å². The van der Waals surface area contributed by atoms with Crippen molar-refractivity contribution in [3.8, 4) is 0 Å². The predicted octanol–water partition coefficient (Wildman–Crippen LogP) is 2.30. The molecule has 12 heteroatoms. The SMILES string of the molecule is Cc1ccsc1C(=O)N[C@@H](CC1CCCCC1)C(=O)NC1CCCN(S(=O)(=O)c2cccc[n+]2[O-])CC1=O. The Hall–Kier alpha value is -2.83. The summed E-state index contributed by atoms with van der Waals surface area (Å²) in [7, 11) is -4.19. The van der Waals surface area contributed by atoms with E-state index in [2.05, 4.69) is 10.6 Å². The van der Waals surface area contributed by atoms with Gasteiger partial charge in [0.2, 0.25) is 5.91 Å². The first-order valence-electron chi connectivity index (χ1n) is 13.0. The standard InChI is InChI=1S/C26H34N4O6S2/c1-18-12-15-37-24(18)26(33)28-21(16-19-8-3-2-4-9-19)25(32)27-20-10-7-13-29(17-22(20)31)38(35,36)23-11-5-6-14-30(23)34/h5-6,11-12,14-15,19-21H,2-4,7-10,13,16-17H2,1H3,(H,27,32)(H,28,33)/t20?,21-/m0/s1. The molecular formula is C26H34N4O6S2. The Morgan fingerprint density at radius 2 is 1.92 bits per heavy atom. The fraction of sp³-hybridized carbons (Fsp3) is 0.538. The van der Waals surface area contributed by atoms with Gasteiger partial charge in [-0.2, -0.15) is 9.04 Å². The number of Topliss-reactive ketones (excluding diaryl/α,β-unsaturated/α-hetero) is 1. The fourth-order valence-electron chi connectivity index (χ4n) is 5.19. The molecule has 2 N–H and O–H groups in total. The number of rotatable bonds is 8. The van der Waals surface area contributed by atoms with E-state index < -0.39 is 45.4 Å². The van der Waals surface area contributed by atoms with Gasteiger partial charge in [0.25, 0.3) is 5.91 Å². The molecule has 1 unspecified atom stereocenters. The van der Waals surface area contributed by atoms with Crippen LogP contribution < -0.4 is 15.4 Å². The molecule has 2 atom stereocenters. The zero-order chi connectivity index (χ0) is 27.3. The quantitative estimate of drug-likeness (QED) is 0.374. The first-order chi connectivity index (χ1) is 18.2. The number of pyridine rings is 1. The number of thiophene rings is 1. The van der Waals surface area contributed by atoms with Gasteiger partial charge in [0, 0.05) is 18.7 Å². The first kappa shape index (κ1) is 28.2. The third kappa shape index (κ3) is 6.59. The Bertz CT molecular complexity index is 1270. The van der Waals surface area contributed by atoms with E-state index in [1.807, 2.05) is 18.4 Å². The number of amides is 2. The summed E-state index contributed by atoms with van der Waals surface area (Å²) in [6.45, 7) is 1.45. The molecule has 1 saturated heterocycles. The van der Waals surface area contributed by atoms with Crippen molar-refractivity contribution in [2.24, 2.45) is 5.92 Å². The van der Waals surface area contributed by atoms with Crippen molar-refractivity contribution in [3.63, 3.8) is 0 Å². The van der Waals surface area contributed by atoms with Crippen LogP contribution in [0.4, 0.5) is 0 Å². The predicted molar refractivity (Wildman–Crippen MR) is 142 cm³/mol. The molecule has 3 heterocycles. The Morgan fingerprint density at radius 3 is 2.61 bits per heavy atom. The molecule has 2 aromatic heterocycles. The number of aromatic nitrogens is 1. The molecule has 0 bridgehead atoms. The molecule has 2 aromatic rings. The van der Waals surface area contributed by atoms with Crippen LogP contribution in [-0.2, 0) is 19.6 Å². The van der Waals surface area contributed by atoms with Crippen LogP contribution in [-0.4, -0.2) is 55.5 Å². The Morgan fingerprint density at radius 1 is 1.16 bits per heavy atom. The summed E-state index contributed by atoms with van der Waals surface area (Å²) in [5.74, 6) is -0.899. The summed E-state index contributed by atoms with van der Waals surface area (Å²) in [6.07, 6.45) is 7.50. The number of sulfonamides is 1. The summed E-state index contributed by atoms with van der Waals surface area (Å²) >= 11 is 1.31. The van der Waals surface area contributed by atoms with Crippen LogP contribution in [0.3, 0.4) is 0 Å². The van der Waals surface area contributed by atoms with Crippen LogP contribution in [0.2, 0.25) is 0 Å². The molecule has 0 spiro atoms. The van der Waals surface area contributed by atoms with E-state index in [1.54, 1.807) is 0 Å². The van der Waals surface area contributed by atoms with Gasteiger partial charge in [-0.25, -0.2) is 8.42 Å². The molecule has 2 aliphatic rings. The second kappa shape index (κ2) is 12.4. The van der Waals surface area contributed by atoms with Crippen molar-refractivity contribution in [1.29, 1.82) is 0 Å². The van der Waals surface area contributed by atoms with E-state index in [1.165, 1.54) is 36.0 Å². The average molecular weight is 563 g/mol. The van der Waals surface area contributed by atoms with Gasteiger partial charge in [-0.1, -0.05) is 32.1 Å². The number of carbonyl (C=O) groups excluding carboxylic acids is 3. The van der Waals surface area contributed by atoms with E-state index in [9.17, 15) is 28.0 Å². The summed E-state index contributed by atoms with van der Waals surface area (Å²) in [5, 5.41) is 19.1. The highest BCUT2D eigenvalue weighted by atomic mass is 32.2. The lowest BCUT2D eigenvalue weighted by Gasteiger charge is -2.28. The van der Waals surface area contributed by atoms with Gasteiger partial charge in [0.05, 0.1) is 17.5 Å². The molecular weight excluding hydrogens is 528 g/mol. The Kier molecular flexibility index (Phi) is 9.16. The van der Waals surface area contributed by atoms with Gasteiger partial charge < -0.3 is 15.8 Å². The molecule has 2 amide bonds. The second-order valence-corrected chi connectivity index (χ2v) is 12.9. The van der Waals surface area contributed by atoms with Gasteiger partial charge in [0.1, 0.15) is 6.04 Å². The van der Waals surface area contributed by atoms with E-state index in [4.69, 9.17) is 0 Å². The maximum atomic E-state index is 13.4. The smallest absolute Gasteiger partial charge is 0.323 e. The Balaban J connectivity index is 1.46. The number of nitrogens with zero attached hydrogens (tertiary/aromatic N) is 2. The maximum Gasteiger partial charge on any atom is 0.323 e. The zero-order valence-electron chi connectivity index (χ0n) is 21.4. The molecule has 10 nitrogen and oxygen atoms in total. The molecule has 1 saturated carbocycles. The minimum absolute atomic E-state index is 0.0508. The van der Waals surface area contributed by atoms with Gasteiger partial charge >= 0.3 is 15.0 Å². The topological polar surface area (TPSA) is 140 Å². The number of hydrogen-bond donors (Lipinski definition) is 2. The summed E-state index contributed by atoms with van der Waals surface area (Å²) < 4.78 is 27.3. The van der Waals surface area contributed by atoms with Gasteiger partial charge in [0.15, 0.2) is 12.0 Å². The molecule has 1 aliphatic carbocycles. The van der Waals surface area contributed by atoms with Gasteiger partial charge in [-0.15, -0.1) is 11.3 Å². The van der Waals surface area contributed by atoms with E-state index >= 15 is 0 Å². The van der Waals surface area contributed by atoms with Crippen LogP contribution in [0, 0.1) is 18.0 Å². The number of aryl methyl sites for hydroxylation is 1. The molecule has 0 aromatic carbocycles. The average Bonchev–Trinajstić information content (AvgIpc) is 3.24. The van der Waals surface area contributed by atoms with Gasteiger partial charge in [-0.3, -0.25) is 14.4 Å². The second-order valence-electron chi connectivity index (χ2n) is 10.1. The number of ketones is 1.